The molecule has 5 nitrogen and oxygen atoms in total. The van der Waals surface area contributed by atoms with Gasteiger partial charge in [0.15, 0.2) is 0 Å². The molecule has 2 aliphatic rings. The standard InChI is InChI=1S/C18H23NO4/c1-3-22-16-12-15-10-13(2)23-17(15)11-14(16)4-5-18(20)19-6-8-21-9-7-19/h4-5,11-13H,3,6-10H2,1-2H3/b5-4+. The molecule has 3 rings (SSSR count). The predicted molar refractivity (Wildman–Crippen MR) is 87.8 cm³/mol. The zero-order chi connectivity index (χ0) is 16.2. The summed E-state index contributed by atoms with van der Waals surface area (Å²) < 4.78 is 16.8. The van der Waals surface area contributed by atoms with Crippen LogP contribution in [0, 0.1) is 0 Å². The van der Waals surface area contributed by atoms with Gasteiger partial charge in [-0.25, -0.2) is 0 Å². The van der Waals surface area contributed by atoms with Gasteiger partial charge in [-0.2, -0.15) is 0 Å². The summed E-state index contributed by atoms with van der Waals surface area (Å²) in [6.07, 6.45) is 4.50. The summed E-state index contributed by atoms with van der Waals surface area (Å²) in [5.41, 5.74) is 2.04. The number of carbonyl (C=O) groups is 1. The normalized spacial score (nSPS) is 20.4. The highest BCUT2D eigenvalue weighted by Gasteiger charge is 2.21. The Morgan fingerprint density at radius 1 is 1.39 bits per heavy atom. The second kappa shape index (κ2) is 7.04. The van der Waals surface area contributed by atoms with Gasteiger partial charge in [0.05, 0.1) is 19.8 Å². The Balaban J connectivity index is 1.79. The maximum Gasteiger partial charge on any atom is 0.246 e. The van der Waals surface area contributed by atoms with Gasteiger partial charge in [0.25, 0.3) is 0 Å². The van der Waals surface area contributed by atoms with Gasteiger partial charge in [0, 0.05) is 36.7 Å². The molecule has 0 saturated carbocycles. The molecule has 124 valence electrons. The quantitative estimate of drug-likeness (QED) is 0.800. The molecule has 1 amide bonds. The summed E-state index contributed by atoms with van der Waals surface area (Å²) in [7, 11) is 0. The second-order valence-corrected chi connectivity index (χ2v) is 5.83. The number of ether oxygens (including phenoxy) is 3. The topological polar surface area (TPSA) is 48.0 Å². The Bertz CT molecular complexity index is 605. The number of rotatable bonds is 4. The van der Waals surface area contributed by atoms with Crippen LogP contribution in [0.15, 0.2) is 18.2 Å². The van der Waals surface area contributed by atoms with Crippen molar-refractivity contribution in [3.8, 4) is 11.5 Å². The number of amides is 1. The van der Waals surface area contributed by atoms with E-state index in [0.29, 0.717) is 32.9 Å². The fourth-order valence-electron chi connectivity index (χ4n) is 2.92. The van der Waals surface area contributed by atoms with E-state index in [0.717, 1.165) is 29.0 Å². The SMILES string of the molecule is CCOc1cc2c(cc1/C=C/C(=O)N1CCOCC1)OC(C)C2. The third-order valence-corrected chi connectivity index (χ3v) is 4.06. The molecule has 2 heterocycles. The van der Waals surface area contributed by atoms with E-state index in [-0.39, 0.29) is 12.0 Å². The molecule has 5 heteroatoms. The predicted octanol–water partition coefficient (Wildman–Crippen LogP) is 2.28. The van der Waals surface area contributed by atoms with Gasteiger partial charge >= 0.3 is 0 Å². The molecule has 1 saturated heterocycles. The molecule has 2 aliphatic heterocycles. The molecule has 0 N–H and O–H groups in total. The van der Waals surface area contributed by atoms with Gasteiger partial charge in [-0.05, 0) is 32.1 Å². The monoisotopic (exact) mass is 317 g/mol. The van der Waals surface area contributed by atoms with Crippen LogP contribution in [0.4, 0.5) is 0 Å². The molecular formula is C18H23NO4. The van der Waals surface area contributed by atoms with E-state index < -0.39 is 0 Å². The van der Waals surface area contributed by atoms with E-state index in [1.54, 1.807) is 11.0 Å². The van der Waals surface area contributed by atoms with E-state index in [2.05, 4.69) is 6.92 Å². The van der Waals surface area contributed by atoms with Crippen molar-refractivity contribution in [2.45, 2.75) is 26.4 Å². The molecular weight excluding hydrogens is 294 g/mol. The molecule has 1 unspecified atom stereocenters. The first-order chi connectivity index (χ1) is 11.2. The van der Waals surface area contributed by atoms with E-state index >= 15 is 0 Å². The number of benzene rings is 1. The number of morpholine rings is 1. The molecule has 1 aromatic rings. The first-order valence-corrected chi connectivity index (χ1v) is 8.18. The average Bonchev–Trinajstić information content (AvgIpc) is 2.92. The Morgan fingerprint density at radius 2 is 2.17 bits per heavy atom. The number of hydrogen-bond donors (Lipinski definition) is 0. The highest BCUT2D eigenvalue weighted by molar-refractivity contribution is 5.92. The lowest BCUT2D eigenvalue weighted by Gasteiger charge is -2.25. The molecule has 0 aliphatic carbocycles. The molecule has 1 aromatic carbocycles. The Morgan fingerprint density at radius 3 is 2.91 bits per heavy atom. The summed E-state index contributed by atoms with van der Waals surface area (Å²) in [6.45, 7) is 7.10. The summed E-state index contributed by atoms with van der Waals surface area (Å²) in [5, 5.41) is 0. The van der Waals surface area contributed by atoms with Crippen LogP contribution >= 0.6 is 0 Å². The fraction of sp³-hybridized carbons (Fsp3) is 0.500. The van der Waals surface area contributed by atoms with Crippen LogP contribution < -0.4 is 9.47 Å². The zero-order valence-corrected chi connectivity index (χ0v) is 13.7. The van der Waals surface area contributed by atoms with Crippen LogP contribution in [0.1, 0.15) is 25.0 Å². The minimum atomic E-state index is 0.00512. The third kappa shape index (κ3) is 3.67. The third-order valence-electron chi connectivity index (χ3n) is 4.06. The van der Waals surface area contributed by atoms with Crippen molar-refractivity contribution in [1.29, 1.82) is 0 Å². The van der Waals surface area contributed by atoms with Crippen molar-refractivity contribution < 1.29 is 19.0 Å². The largest absolute Gasteiger partial charge is 0.493 e. The lowest BCUT2D eigenvalue weighted by molar-refractivity contribution is -0.129. The maximum atomic E-state index is 12.2. The zero-order valence-electron chi connectivity index (χ0n) is 13.7. The Labute approximate surface area is 136 Å². The highest BCUT2D eigenvalue weighted by Crippen LogP contribution is 2.35. The van der Waals surface area contributed by atoms with Crippen molar-refractivity contribution in [2.75, 3.05) is 32.9 Å². The van der Waals surface area contributed by atoms with Crippen LogP contribution in [-0.2, 0) is 16.0 Å². The van der Waals surface area contributed by atoms with Gasteiger partial charge in [-0.15, -0.1) is 0 Å². The first-order valence-electron chi connectivity index (χ1n) is 8.18. The second-order valence-electron chi connectivity index (χ2n) is 5.83. The maximum absolute atomic E-state index is 12.2. The van der Waals surface area contributed by atoms with E-state index in [1.165, 1.54) is 0 Å². The van der Waals surface area contributed by atoms with Crippen LogP contribution in [-0.4, -0.2) is 49.8 Å². The molecule has 0 spiro atoms. The van der Waals surface area contributed by atoms with Crippen molar-refractivity contribution in [3.63, 3.8) is 0 Å². The summed E-state index contributed by atoms with van der Waals surface area (Å²) in [6, 6.07) is 3.99. The summed E-state index contributed by atoms with van der Waals surface area (Å²) in [4.78, 5) is 14.0. The van der Waals surface area contributed by atoms with E-state index in [1.807, 2.05) is 25.1 Å². The first kappa shape index (κ1) is 15.9. The smallest absolute Gasteiger partial charge is 0.246 e. The van der Waals surface area contributed by atoms with Crippen molar-refractivity contribution >= 4 is 12.0 Å². The van der Waals surface area contributed by atoms with Gasteiger partial charge < -0.3 is 19.1 Å². The Kier molecular flexibility index (Phi) is 4.86. The molecule has 0 radical (unpaired) electrons. The fourth-order valence-corrected chi connectivity index (χ4v) is 2.92. The van der Waals surface area contributed by atoms with Crippen molar-refractivity contribution in [2.24, 2.45) is 0 Å². The summed E-state index contributed by atoms with van der Waals surface area (Å²) in [5.74, 6) is 1.69. The van der Waals surface area contributed by atoms with Gasteiger partial charge in [-0.1, -0.05) is 0 Å². The molecule has 0 aromatic heterocycles. The molecule has 23 heavy (non-hydrogen) atoms. The molecule has 1 fully saturated rings. The van der Waals surface area contributed by atoms with Crippen LogP contribution in [0.2, 0.25) is 0 Å². The number of hydrogen-bond acceptors (Lipinski definition) is 4. The van der Waals surface area contributed by atoms with Crippen molar-refractivity contribution in [3.05, 3.63) is 29.3 Å². The minimum Gasteiger partial charge on any atom is -0.493 e. The highest BCUT2D eigenvalue weighted by atomic mass is 16.5. The van der Waals surface area contributed by atoms with Crippen LogP contribution in [0.25, 0.3) is 6.08 Å². The Hall–Kier alpha value is -2.01. The van der Waals surface area contributed by atoms with Gasteiger partial charge in [0.1, 0.15) is 17.6 Å². The van der Waals surface area contributed by atoms with Gasteiger partial charge in [0.2, 0.25) is 5.91 Å². The van der Waals surface area contributed by atoms with Gasteiger partial charge in [-0.3, -0.25) is 4.79 Å². The number of carbonyl (C=O) groups excluding carboxylic acids is 1. The number of nitrogens with zero attached hydrogens (tertiary/aromatic N) is 1. The van der Waals surface area contributed by atoms with E-state index in [9.17, 15) is 4.79 Å². The van der Waals surface area contributed by atoms with E-state index in [4.69, 9.17) is 14.2 Å². The summed E-state index contributed by atoms with van der Waals surface area (Å²) >= 11 is 0. The average molecular weight is 317 g/mol. The van der Waals surface area contributed by atoms with Crippen LogP contribution in [0.5, 0.6) is 11.5 Å². The number of fused-ring (bicyclic) bond motifs is 1. The molecule has 1 atom stereocenters. The lowest BCUT2D eigenvalue weighted by Crippen LogP contribution is -2.39. The van der Waals surface area contributed by atoms with Crippen LogP contribution in [0.3, 0.4) is 0 Å². The minimum absolute atomic E-state index is 0.00512. The lowest BCUT2D eigenvalue weighted by atomic mass is 10.1. The molecule has 0 bridgehead atoms. The van der Waals surface area contributed by atoms with Crippen molar-refractivity contribution in [1.82, 2.24) is 4.90 Å².